The van der Waals surface area contributed by atoms with Crippen LogP contribution in [0.3, 0.4) is 0 Å². The molecule has 0 radical (unpaired) electrons. The molecule has 1 aromatic carbocycles. The number of nitriles is 1. The van der Waals surface area contributed by atoms with E-state index in [1.165, 1.54) is 14.2 Å². The maximum atomic E-state index is 12.4. The average Bonchev–Trinajstić information content (AvgIpc) is 2.61. The van der Waals surface area contributed by atoms with Gasteiger partial charge < -0.3 is 19.9 Å². The van der Waals surface area contributed by atoms with E-state index < -0.39 is 17.9 Å². The normalized spacial score (nSPS) is 16.8. The molecule has 130 valence electrons. The van der Waals surface area contributed by atoms with Crippen LogP contribution in [-0.2, 0) is 23.8 Å². The molecule has 25 heavy (non-hydrogen) atoms. The highest BCUT2D eigenvalue weighted by molar-refractivity contribution is 9.10. The number of benzene rings is 1. The number of esters is 2. The molecule has 1 aliphatic rings. The minimum atomic E-state index is -0.832. The number of ether oxygens (including phenoxy) is 3. The number of nitrogens with zero attached hydrogens (tertiary/aromatic N) is 1. The number of methoxy groups -OCH3 is 2. The van der Waals surface area contributed by atoms with Gasteiger partial charge in [-0.2, -0.15) is 5.26 Å². The third kappa shape index (κ3) is 3.67. The van der Waals surface area contributed by atoms with Crippen LogP contribution >= 0.6 is 15.9 Å². The van der Waals surface area contributed by atoms with Crippen LogP contribution in [0.5, 0.6) is 0 Å². The molecule has 0 saturated carbocycles. The van der Waals surface area contributed by atoms with Crippen molar-refractivity contribution in [1.29, 1.82) is 5.26 Å². The van der Waals surface area contributed by atoms with E-state index in [4.69, 9.17) is 15.2 Å². The summed E-state index contributed by atoms with van der Waals surface area (Å²) in [6, 6.07) is 9.04. The van der Waals surface area contributed by atoms with Crippen LogP contribution in [0.2, 0.25) is 0 Å². The Morgan fingerprint density at radius 3 is 2.56 bits per heavy atom. The van der Waals surface area contributed by atoms with Crippen LogP contribution in [0.1, 0.15) is 17.9 Å². The summed E-state index contributed by atoms with van der Waals surface area (Å²) in [6.07, 6.45) is -0.318. The van der Waals surface area contributed by atoms with Gasteiger partial charge in [0.25, 0.3) is 0 Å². The lowest BCUT2D eigenvalue weighted by Crippen LogP contribution is -2.27. The Kier molecular flexibility index (Phi) is 5.83. The molecule has 0 spiro atoms. The zero-order chi connectivity index (χ0) is 18.6. The number of allylic oxidation sites excluding steroid dienone is 1. The number of carbonyl (C=O) groups is 2. The standard InChI is InChI=1S/C17H15BrN2O5/c1-23-13(21)7-12-15(17(22)24-2)14(10(8-19)16(20)25-12)9-5-3-4-6-11(9)18/h3-6,14H,7,20H2,1-2H3. The van der Waals surface area contributed by atoms with E-state index in [1.807, 2.05) is 6.07 Å². The summed E-state index contributed by atoms with van der Waals surface area (Å²) < 4.78 is 15.5. The summed E-state index contributed by atoms with van der Waals surface area (Å²) in [4.78, 5) is 24.1. The highest BCUT2D eigenvalue weighted by atomic mass is 79.9. The Labute approximate surface area is 152 Å². The summed E-state index contributed by atoms with van der Waals surface area (Å²) in [6.45, 7) is 0. The maximum absolute atomic E-state index is 12.4. The lowest BCUT2D eigenvalue weighted by atomic mass is 9.82. The highest BCUT2D eigenvalue weighted by Crippen LogP contribution is 2.42. The van der Waals surface area contributed by atoms with Gasteiger partial charge in [0.15, 0.2) is 0 Å². The van der Waals surface area contributed by atoms with Crippen molar-refractivity contribution in [3.8, 4) is 6.07 Å². The number of halogens is 1. The first-order chi connectivity index (χ1) is 11.9. The van der Waals surface area contributed by atoms with Crippen LogP contribution in [0.15, 0.2) is 51.5 Å². The molecule has 1 aliphatic heterocycles. The summed E-state index contributed by atoms with van der Waals surface area (Å²) in [5, 5.41) is 9.52. The molecular weight excluding hydrogens is 392 g/mol. The fourth-order valence-electron chi connectivity index (χ4n) is 2.51. The number of nitrogens with two attached hydrogens (primary N) is 1. The van der Waals surface area contributed by atoms with Crippen LogP contribution in [0.25, 0.3) is 0 Å². The quantitative estimate of drug-likeness (QED) is 0.762. The molecule has 0 amide bonds. The van der Waals surface area contributed by atoms with E-state index >= 15 is 0 Å². The van der Waals surface area contributed by atoms with Crippen molar-refractivity contribution in [2.75, 3.05) is 14.2 Å². The maximum Gasteiger partial charge on any atom is 0.338 e. The monoisotopic (exact) mass is 406 g/mol. The molecule has 0 aromatic heterocycles. The largest absolute Gasteiger partial charge is 0.469 e. The second-order valence-corrected chi connectivity index (χ2v) is 5.88. The molecule has 7 nitrogen and oxygen atoms in total. The third-order valence-corrected chi connectivity index (χ3v) is 4.37. The molecule has 1 aromatic rings. The van der Waals surface area contributed by atoms with Crippen molar-refractivity contribution in [2.24, 2.45) is 5.73 Å². The van der Waals surface area contributed by atoms with Gasteiger partial charge in [0.05, 0.1) is 25.7 Å². The Hall–Kier alpha value is -2.79. The number of hydrogen-bond donors (Lipinski definition) is 1. The zero-order valence-corrected chi connectivity index (χ0v) is 15.1. The lowest BCUT2D eigenvalue weighted by molar-refractivity contribution is -0.140. The van der Waals surface area contributed by atoms with Gasteiger partial charge in [-0.1, -0.05) is 34.1 Å². The molecule has 1 atom stereocenters. The Bertz CT molecular complexity index is 823. The molecule has 0 aliphatic carbocycles. The van der Waals surface area contributed by atoms with Crippen molar-refractivity contribution in [1.82, 2.24) is 0 Å². The SMILES string of the molecule is COC(=O)CC1=C(C(=O)OC)C(c2ccccc2Br)C(C#N)=C(N)O1. The van der Waals surface area contributed by atoms with Gasteiger partial charge >= 0.3 is 11.9 Å². The molecule has 1 unspecified atom stereocenters. The Balaban J connectivity index is 2.72. The minimum absolute atomic E-state index is 0.00375. The minimum Gasteiger partial charge on any atom is -0.469 e. The van der Waals surface area contributed by atoms with E-state index in [0.717, 1.165) is 0 Å². The van der Waals surface area contributed by atoms with Crippen molar-refractivity contribution in [2.45, 2.75) is 12.3 Å². The van der Waals surface area contributed by atoms with Gasteiger partial charge in [-0.25, -0.2) is 4.79 Å². The van der Waals surface area contributed by atoms with Gasteiger partial charge in [0.2, 0.25) is 5.88 Å². The van der Waals surface area contributed by atoms with Crippen molar-refractivity contribution < 1.29 is 23.8 Å². The first-order valence-electron chi connectivity index (χ1n) is 7.14. The van der Waals surface area contributed by atoms with Crippen molar-refractivity contribution in [3.05, 3.63) is 57.1 Å². The highest BCUT2D eigenvalue weighted by Gasteiger charge is 2.38. The molecular formula is C17H15BrN2O5. The van der Waals surface area contributed by atoms with E-state index in [1.54, 1.807) is 24.3 Å². The van der Waals surface area contributed by atoms with E-state index in [9.17, 15) is 14.9 Å². The predicted molar refractivity (Wildman–Crippen MR) is 90.5 cm³/mol. The van der Waals surface area contributed by atoms with Gasteiger partial charge in [-0.15, -0.1) is 0 Å². The van der Waals surface area contributed by atoms with Crippen molar-refractivity contribution >= 4 is 27.9 Å². The van der Waals surface area contributed by atoms with Crippen LogP contribution in [0.4, 0.5) is 0 Å². The van der Waals surface area contributed by atoms with Gasteiger partial charge in [0, 0.05) is 4.47 Å². The molecule has 8 heteroatoms. The topological polar surface area (TPSA) is 112 Å². The summed E-state index contributed by atoms with van der Waals surface area (Å²) in [5.74, 6) is -2.34. The second kappa shape index (κ2) is 7.85. The summed E-state index contributed by atoms with van der Waals surface area (Å²) >= 11 is 3.41. The number of carbonyl (C=O) groups excluding carboxylic acids is 2. The van der Waals surface area contributed by atoms with E-state index in [2.05, 4.69) is 20.7 Å². The van der Waals surface area contributed by atoms with Crippen LogP contribution < -0.4 is 5.73 Å². The van der Waals surface area contributed by atoms with Gasteiger partial charge in [-0.05, 0) is 11.6 Å². The van der Waals surface area contributed by atoms with E-state index in [-0.39, 0.29) is 29.2 Å². The van der Waals surface area contributed by atoms with Gasteiger partial charge in [0.1, 0.15) is 23.8 Å². The lowest BCUT2D eigenvalue weighted by Gasteiger charge is -2.28. The fraction of sp³-hybridized carbons (Fsp3) is 0.235. The van der Waals surface area contributed by atoms with Gasteiger partial charge in [-0.3, -0.25) is 4.79 Å². The van der Waals surface area contributed by atoms with E-state index in [0.29, 0.717) is 10.0 Å². The fourth-order valence-corrected chi connectivity index (χ4v) is 3.02. The molecule has 1 heterocycles. The second-order valence-electron chi connectivity index (χ2n) is 5.03. The zero-order valence-electron chi connectivity index (χ0n) is 13.5. The predicted octanol–water partition coefficient (Wildman–Crippen LogP) is 2.25. The van der Waals surface area contributed by atoms with Crippen molar-refractivity contribution in [3.63, 3.8) is 0 Å². The Morgan fingerprint density at radius 2 is 2.00 bits per heavy atom. The number of hydrogen-bond acceptors (Lipinski definition) is 7. The molecule has 2 N–H and O–H groups in total. The molecule has 0 bridgehead atoms. The van der Waals surface area contributed by atoms with Crippen LogP contribution in [0, 0.1) is 11.3 Å². The van der Waals surface area contributed by atoms with Crippen LogP contribution in [-0.4, -0.2) is 26.2 Å². The summed E-state index contributed by atoms with van der Waals surface area (Å²) in [7, 11) is 2.42. The average molecular weight is 407 g/mol. The summed E-state index contributed by atoms with van der Waals surface area (Å²) in [5.41, 5.74) is 6.57. The third-order valence-electron chi connectivity index (χ3n) is 3.65. The molecule has 2 rings (SSSR count). The first kappa shape index (κ1) is 18.5. The smallest absolute Gasteiger partial charge is 0.338 e. The Morgan fingerprint density at radius 1 is 1.32 bits per heavy atom. The number of rotatable bonds is 4. The molecule has 0 saturated heterocycles. The molecule has 0 fully saturated rings. The first-order valence-corrected chi connectivity index (χ1v) is 7.94.